The summed E-state index contributed by atoms with van der Waals surface area (Å²) in [5.41, 5.74) is 0. The van der Waals surface area contributed by atoms with Gasteiger partial charge in [0, 0.05) is 11.1 Å². The van der Waals surface area contributed by atoms with Gasteiger partial charge in [0.15, 0.2) is 0 Å². The highest BCUT2D eigenvalue weighted by molar-refractivity contribution is 7.16. The van der Waals surface area contributed by atoms with Crippen LogP contribution in [0.15, 0.2) is 36.0 Å². The van der Waals surface area contributed by atoms with E-state index >= 15 is 0 Å². The molecular weight excluding hydrogens is 291 g/mol. The van der Waals surface area contributed by atoms with Gasteiger partial charge in [0.25, 0.3) is 0 Å². The van der Waals surface area contributed by atoms with Crippen LogP contribution in [0.25, 0.3) is 10.2 Å². The van der Waals surface area contributed by atoms with E-state index in [-0.39, 0.29) is 0 Å². The molecule has 0 aliphatic heterocycles. The highest BCUT2D eigenvalue weighted by Crippen LogP contribution is 2.34. The average Bonchev–Trinajstić information content (AvgIpc) is 2.83. The molecule has 0 saturated carbocycles. The molecule has 3 nitrogen and oxygen atoms in total. The molecule has 0 saturated heterocycles. The van der Waals surface area contributed by atoms with Gasteiger partial charge < -0.3 is 4.74 Å². The fourth-order valence-electron chi connectivity index (χ4n) is 1.51. The molecule has 1 aromatic carbocycles. The summed E-state index contributed by atoms with van der Waals surface area (Å²) in [5, 5.41) is 3.84. The first kappa shape index (κ1) is 11.7. The first-order valence-electron chi connectivity index (χ1n) is 5.05. The van der Waals surface area contributed by atoms with Crippen molar-refractivity contribution in [3.05, 3.63) is 46.0 Å². The van der Waals surface area contributed by atoms with Gasteiger partial charge in [0.2, 0.25) is 5.88 Å². The molecule has 3 rings (SSSR count). The van der Waals surface area contributed by atoms with Crippen molar-refractivity contribution in [2.45, 2.75) is 0 Å². The van der Waals surface area contributed by atoms with Crippen molar-refractivity contribution < 1.29 is 4.74 Å². The van der Waals surface area contributed by atoms with E-state index in [0.29, 0.717) is 21.7 Å². The first-order chi connectivity index (χ1) is 8.74. The standard InChI is InChI=1S/C12H6Cl2N2OS/c13-7-1-2-9(14)10(5-7)17-11-8-3-4-18-12(8)16-6-15-11/h1-6H. The maximum atomic E-state index is 6.05. The molecule has 0 unspecified atom stereocenters. The molecule has 90 valence electrons. The maximum Gasteiger partial charge on any atom is 0.231 e. The van der Waals surface area contributed by atoms with E-state index in [1.807, 2.05) is 11.4 Å². The number of thiophene rings is 1. The van der Waals surface area contributed by atoms with Crippen LogP contribution < -0.4 is 4.74 Å². The molecule has 0 fully saturated rings. The molecule has 0 aliphatic rings. The second-order valence-electron chi connectivity index (χ2n) is 3.50. The van der Waals surface area contributed by atoms with E-state index in [0.717, 1.165) is 10.2 Å². The first-order valence-corrected chi connectivity index (χ1v) is 6.69. The fraction of sp³-hybridized carbons (Fsp3) is 0. The van der Waals surface area contributed by atoms with Gasteiger partial charge in [0.1, 0.15) is 16.9 Å². The Morgan fingerprint density at radius 3 is 2.89 bits per heavy atom. The molecule has 0 bridgehead atoms. The Morgan fingerprint density at radius 2 is 2.00 bits per heavy atom. The van der Waals surface area contributed by atoms with E-state index in [2.05, 4.69) is 9.97 Å². The summed E-state index contributed by atoms with van der Waals surface area (Å²) in [6.07, 6.45) is 1.46. The van der Waals surface area contributed by atoms with E-state index in [4.69, 9.17) is 27.9 Å². The maximum absolute atomic E-state index is 6.05. The summed E-state index contributed by atoms with van der Waals surface area (Å²) in [7, 11) is 0. The lowest BCUT2D eigenvalue weighted by Gasteiger charge is -2.07. The number of nitrogens with zero attached hydrogens (tertiary/aromatic N) is 2. The van der Waals surface area contributed by atoms with Crippen LogP contribution in [0.4, 0.5) is 0 Å². The minimum atomic E-state index is 0.477. The molecule has 2 aromatic heterocycles. The summed E-state index contributed by atoms with van der Waals surface area (Å²) in [4.78, 5) is 9.14. The number of benzene rings is 1. The number of ether oxygens (including phenoxy) is 1. The zero-order valence-corrected chi connectivity index (χ0v) is 11.3. The molecule has 0 amide bonds. The number of aromatic nitrogens is 2. The molecule has 0 N–H and O–H groups in total. The minimum Gasteiger partial charge on any atom is -0.437 e. The van der Waals surface area contributed by atoms with Crippen LogP contribution in [0, 0.1) is 0 Å². The fourth-order valence-corrected chi connectivity index (χ4v) is 2.55. The predicted molar refractivity (Wildman–Crippen MR) is 74.0 cm³/mol. The summed E-state index contributed by atoms with van der Waals surface area (Å²) in [6, 6.07) is 6.96. The second-order valence-corrected chi connectivity index (χ2v) is 5.23. The SMILES string of the molecule is Clc1ccc(Cl)c(Oc2ncnc3sccc23)c1. The Kier molecular flexibility index (Phi) is 3.07. The van der Waals surface area contributed by atoms with Crippen molar-refractivity contribution in [2.24, 2.45) is 0 Å². The average molecular weight is 297 g/mol. The number of rotatable bonds is 2. The second kappa shape index (κ2) is 4.72. The van der Waals surface area contributed by atoms with E-state index in [1.54, 1.807) is 18.2 Å². The van der Waals surface area contributed by atoms with Crippen molar-refractivity contribution in [1.82, 2.24) is 9.97 Å². The molecule has 2 heterocycles. The van der Waals surface area contributed by atoms with Gasteiger partial charge in [-0.3, -0.25) is 0 Å². The zero-order chi connectivity index (χ0) is 12.5. The van der Waals surface area contributed by atoms with Crippen LogP contribution >= 0.6 is 34.5 Å². The van der Waals surface area contributed by atoms with E-state index < -0.39 is 0 Å². The van der Waals surface area contributed by atoms with Gasteiger partial charge in [0.05, 0.1) is 10.4 Å². The van der Waals surface area contributed by atoms with Gasteiger partial charge in [-0.25, -0.2) is 9.97 Å². The van der Waals surface area contributed by atoms with Gasteiger partial charge in [-0.05, 0) is 23.6 Å². The Bertz CT molecular complexity index is 714. The monoisotopic (exact) mass is 296 g/mol. The predicted octanol–water partition coefficient (Wildman–Crippen LogP) is 4.79. The molecule has 3 aromatic rings. The number of hydrogen-bond donors (Lipinski definition) is 0. The molecule has 6 heteroatoms. The molecule has 0 atom stereocenters. The lowest BCUT2D eigenvalue weighted by atomic mass is 10.3. The van der Waals surface area contributed by atoms with Crippen molar-refractivity contribution in [1.29, 1.82) is 0 Å². The third-order valence-electron chi connectivity index (χ3n) is 2.33. The van der Waals surface area contributed by atoms with E-state index in [1.165, 1.54) is 17.7 Å². The molecule has 0 aliphatic carbocycles. The molecular formula is C12H6Cl2N2OS. The van der Waals surface area contributed by atoms with E-state index in [9.17, 15) is 0 Å². The Hall–Kier alpha value is -1.36. The summed E-state index contributed by atoms with van der Waals surface area (Å²) in [5.74, 6) is 0.959. The Balaban J connectivity index is 2.06. The third kappa shape index (κ3) is 2.14. The Morgan fingerprint density at radius 1 is 1.11 bits per heavy atom. The van der Waals surface area contributed by atoms with Crippen molar-refractivity contribution in [3.63, 3.8) is 0 Å². The van der Waals surface area contributed by atoms with Gasteiger partial charge in [-0.15, -0.1) is 11.3 Å². The third-order valence-corrected chi connectivity index (χ3v) is 3.69. The summed E-state index contributed by atoms with van der Waals surface area (Å²) < 4.78 is 5.70. The van der Waals surface area contributed by atoms with Gasteiger partial charge in [-0.1, -0.05) is 23.2 Å². The lowest BCUT2D eigenvalue weighted by Crippen LogP contribution is -1.90. The zero-order valence-electron chi connectivity index (χ0n) is 8.93. The number of halogens is 2. The van der Waals surface area contributed by atoms with Gasteiger partial charge >= 0.3 is 0 Å². The van der Waals surface area contributed by atoms with Crippen molar-refractivity contribution in [3.8, 4) is 11.6 Å². The van der Waals surface area contributed by atoms with Crippen LogP contribution in [-0.4, -0.2) is 9.97 Å². The minimum absolute atomic E-state index is 0.477. The molecule has 0 spiro atoms. The Labute approximate surface area is 117 Å². The quantitative estimate of drug-likeness (QED) is 0.682. The highest BCUT2D eigenvalue weighted by Gasteiger charge is 2.09. The van der Waals surface area contributed by atoms with Gasteiger partial charge in [-0.2, -0.15) is 0 Å². The normalized spacial score (nSPS) is 10.8. The summed E-state index contributed by atoms with van der Waals surface area (Å²) >= 11 is 13.5. The van der Waals surface area contributed by atoms with Crippen LogP contribution in [0.2, 0.25) is 10.0 Å². The topological polar surface area (TPSA) is 35.0 Å². The highest BCUT2D eigenvalue weighted by atomic mass is 35.5. The largest absolute Gasteiger partial charge is 0.437 e. The van der Waals surface area contributed by atoms with Crippen molar-refractivity contribution in [2.75, 3.05) is 0 Å². The summed E-state index contributed by atoms with van der Waals surface area (Å²) in [6.45, 7) is 0. The van der Waals surface area contributed by atoms with Crippen LogP contribution in [0.5, 0.6) is 11.6 Å². The number of fused-ring (bicyclic) bond motifs is 1. The van der Waals surface area contributed by atoms with Crippen LogP contribution in [0.1, 0.15) is 0 Å². The van der Waals surface area contributed by atoms with Crippen molar-refractivity contribution >= 4 is 44.8 Å². The molecule has 18 heavy (non-hydrogen) atoms. The molecule has 0 radical (unpaired) electrons. The smallest absolute Gasteiger partial charge is 0.231 e. The number of hydrogen-bond acceptors (Lipinski definition) is 4. The van der Waals surface area contributed by atoms with Crippen LogP contribution in [-0.2, 0) is 0 Å². The van der Waals surface area contributed by atoms with Crippen LogP contribution in [0.3, 0.4) is 0 Å². The lowest BCUT2D eigenvalue weighted by molar-refractivity contribution is 0.468.